The van der Waals surface area contributed by atoms with Crippen LogP contribution < -0.4 is 0 Å². The summed E-state index contributed by atoms with van der Waals surface area (Å²) in [6.45, 7) is 4.00. The van der Waals surface area contributed by atoms with E-state index in [9.17, 15) is 5.26 Å². The number of nitriles is 2. The number of H-pyrrole nitrogens is 1. The number of aromatic amines is 1. The van der Waals surface area contributed by atoms with Gasteiger partial charge in [0, 0.05) is 70.7 Å². The monoisotopic (exact) mass is 741 g/mol. The topological polar surface area (TPSA) is 98.5 Å². The van der Waals surface area contributed by atoms with Gasteiger partial charge in [-0.2, -0.15) is 15.6 Å². The van der Waals surface area contributed by atoms with Gasteiger partial charge in [0.05, 0.1) is 11.1 Å². The van der Waals surface area contributed by atoms with E-state index in [1.165, 1.54) is 6.33 Å². The summed E-state index contributed by atoms with van der Waals surface area (Å²) in [4.78, 5) is 10.5. The van der Waals surface area contributed by atoms with Gasteiger partial charge in [-0.3, -0.25) is 4.93 Å². The third-order valence-corrected chi connectivity index (χ3v) is 6.82. The number of hydrogen-bond donors (Lipinski definition) is 1. The first-order valence-electron chi connectivity index (χ1n) is 12.2. The molecule has 1 N–H and O–H groups in total. The number of hydrogen-bond acceptors (Lipinski definition) is 4. The molecule has 42 heavy (non-hydrogen) atoms. The van der Waals surface area contributed by atoms with Crippen LogP contribution in [0, 0.1) is 41.4 Å². The zero-order valence-corrected chi connectivity index (χ0v) is 27.6. The second kappa shape index (κ2) is 15.1. The summed E-state index contributed by atoms with van der Waals surface area (Å²) in [7, 11) is 0. The number of halogens is 3. The summed E-state index contributed by atoms with van der Waals surface area (Å²) in [6.07, 6.45) is 10.6. The summed E-state index contributed by atoms with van der Waals surface area (Å²) >= 11 is 14.0. The van der Waals surface area contributed by atoms with Gasteiger partial charge in [0.2, 0.25) is 0 Å². The average Bonchev–Trinajstić information content (AvgIpc) is 3.76. The summed E-state index contributed by atoms with van der Waals surface area (Å²) in [5, 5.41) is 24.0. The number of benzene rings is 2. The average molecular weight is 742 g/mol. The molecule has 0 aliphatic heterocycles. The molecule has 1 radical (unpaired) electrons. The Hall–Kier alpha value is -3.51. The molecule has 0 unspecified atom stereocenters. The molecule has 6 rings (SSSR count). The van der Waals surface area contributed by atoms with Gasteiger partial charge in [0.15, 0.2) is 5.82 Å². The van der Waals surface area contributed by atoms with Gasteiger partial charge in [0.25, 0.3) is 0 Å². The van der Waals surface area contributed by atoms with E-state index in [-0.39, 0.29) is 18.6 Å². The first-order valence-corrected chi connectivity index (χ1v) is 14.4. The van der Waals surface area contributed by atoms with Crippen molar-refractivity contribution in [1.82, 2.24) is 24.1 Å². The number of aryl methyl sites for hydroxylation is 2. The maximum absolute atomic E-state index is 9.54. The van der Waals surface area contributed by atoms with Crippen molar-refractivity contribution >= 4 is 51.3 Å². The van der Waals surface area contributed by atoms with Crippen LogP contribution in [-0.4, -0.2) is 24.1 Å². The van der Waals surface area contributed by atoms with Crippen LogP contribution in [0.1, 0.15) is 22.3 Å². The molecule has 0 saturated carbocycles. The van der Waals surface area contributed by atoms with Crippen LogP contribution in [0.25, 0.3) is 33.6 Å². The largest absolute Gasteiger partial charge is 0.366 e. The minimum Gasteiger partial charge on any atom is -0.366 e. The Morgan fingerprint density at radius 2 is 1.45 bits per heavy atom. The molecule has 0 aliphatic rings. The van der Waals surface area contributed by atoms with E-state index < -0.39 is 0 Å². The zero-order valence-electron chi connectivity index (χ0n) is 22.6. The second-order valence-corrected chi connectivity index (χ2v) is 9.71. The predicted octanol–water partition coefficient (Wildman–Crippen LogP) is 8.75. The Labute approximate surface area is 279 Å². The maximum Gasteiger partial charge on any atom is 0.164 e. The SMILES string of the molecule is Cc1ccc(Cl)cc1-c1c[nH]cc1C#N.Cc1ccc(Cl)cc1-c1cn(-c2ncnn3cccc23)cc1C#N.[CH2-]I.[V]. The second-order valence-electron chi connectivity index (χ2n) is 8.84. The molecule has 7 nitrogen and oxygen atoms in total. The van der Waals surface area contributed by atoms with Crippen molar-refractivity contribution in [2.45, 2.75) is 13.8 Å². The van der Waals surface area contributed by atoms with E-state index in [4.69, 9.17) is 28.5 Å². The van der Waals surface area contributed by atoms with Crippen molar-refractivity contribution < 1.29 is 18.6 Å². The van der Waals surface area contributed by atoms with Crippen molar-refractivity contribution in [1.29, 1.82) is 10.5 Å². The van der Waals surface area contributed by atoms with Gasteiger partial charge in [0.1, 0.15) is 24.0 Å². The predicted molar refractivity (Wildman–Crippen MR) is 172 cm³/mol. The molecular formula is C31H23Cl2IN7V-. The number of rotatable bonds is 3. The Kier molecular flexibility index (Phi) is 11.9. The van der Waals surface area contributed by atoms with Gasteiger partial charge >= 0.3 is 0 Å². The number of nitrogens with one attached hydrogen (secondary N) is 1. The first-order chi connectivity index (χ1) is 19.9. The Morgan fingerprint density at radius 1 is 0.833 bits per heavy atom. The zero-order chi connectivity index (χ0) is 29.5. The van der Waals surface area contributed by atoms with Gasteiger partial charge in [-0.1, -0.05) is 35.3 Å². The minimum absolute atomic E-state index is 0. The molecule has 0 fully saturated rings. The molecular weight excluding hydrogens is 719 g/mol. The van der Waals surface area contributed by atoms with Gasteiger partial charge in [-0.15, -0.1) is 0 Å². The van der Waals surface area contributed by atoms with E-state index in [1.54, 1.807) is 16.9 Å². The molecule has 11 heteroatoms. The molecule has 0 amide bonds. The molecule has 0 spiro atoms. The van der Waals surface area contributed by atoms with Crippen molar-refractivity contribution in [3.05, 3.63) is 123 Å². The molecule has 4 aromatic heterocycles. The summed E-state index contributed by atoms with van der Waals surface area (Å²) in [6, 6.07) is 19.6. The Balaban J connectivity index is 0.000000233. The van der Waals surface area contributed by atoms with Gasteiger partial charge in [-0.25, -0.2) is 9.50 Å². The molecule has 2 aromatic carbocycles. The Bertz CT molecular complexity index is 1910. The van der Waals surface area contributed by atoms with Crippen LogP contribution in [0.4, 0.5) is 0 Å². The molecule has 4 heterocycles. The quantitative estimate of drug-likeness (QED) is 0.145. The van der Waals surface area contributed by atoms with Crippen LogP contribution in [0.5, 0.6) is 0 Å². The smallest absolute Gasteiger partial charge is 0.164 e. The van der Waals surface area contributed by atoms with Gasteiger partial charge in [-0.05, 0) is 72.5 Å². The number of aromatic nitrogens is 5. The standard InChI is InChI=1S/C18H12ClN5.C12H9ClN2.CH2I.V/c1-12-4-5-14(19)7-15(12)16-10-23(9-13(16)8-20)18-17-3-2-6-24(17)22-11-21-18;1-8-2-3-10(13)4-11(8)12-7-15-6-9(12)5-14;1-2;/h2-7,9-11H,1H3;2-4,6-7,15H,1H3;1H2;/q;;-1;. The summed E-state index contributed by atoms with van der Waals surface area (Å²) in [5.41, 5.74) is 7.92. The van der Waals surface area contributed by atoms with E-state index in [0.717, 1.165) is 44.7 Å². The molecule has 209 valence electrons. The third-order valence-electron chi connectivity index (χ3n) is 6.35. The first kappa shape index (κ1) is 33.0. The molecule has 0 bridgehead atoms. The summed E-state index contributed by atoms with van der Waals surface area (Å²) in [5.74, 6) is 0.720. The molecule has 0 saturated heterocycles. The van der Waals surface area contributed by atoms with Crippen LogP contribution in [0.2, 0.25) is 10.0 Å². The minimum atomic E-state index is 0. The van der Waals surface area contributed by atoms with Crippen LogP contribution in [-0.2, 0) is 18.6 Å². The fourth-order valence-corrected chi connectivity index (χ4v) is 4.72. The third kappa shape index (κ3) is 7.10. The van der Waals surface area contributed by atoms with Gasteiger partial charge < -0.3 is 32.1 Å². The van der Waals surface area contributed by atoms with Crippen molar-refractivity contribution in [2.24, 2.45) is 0 Å². The van der Waals surface area contributed by atoms with E-state index in [2.05, 4.69) is 32.1 Å². The van der Waals surface area contributed by atoms with Crippen LogP contribution in [0.3, 0.4) is 0 Å². The van der Waals surface area contributed by atoms with Crippen molar-refractivity contribution in [2.75, 3.05) is 0 Å². The van der Waals surface area contributed by atoms with Crippen LogP contribution >= 0.6 is 45.8 Å². The van der Waals surface area contributed by atoms with Crippen molar-refractivity contribution in [3.63, 3.8) is 0 Å². The number of nitrogens with zero attached hydrogens (tertiary/aromatic N) is 6. The normalized spacial score (nSPS) is 9.90. The number of fused-ring (bicyclic) bond motifs is 1. The Morgan fingerprint density at radius 3 is 2.07 bits per heavy atom. The maximum atomic E-state index is 9.54. The van der Waals surface area contributed by atoms with E-state index in [0.29, 0.717) is 21.2 Å². The van der Waals surface area contributed by atoms with E-state index in [1.807, 2.05) is 108 Å². The molecule has 0 atom stereocenters. The fraction of sp³-hybridized carbons (Fsp3) is 0.0645. The van der Waals surface area contributed by atoms with E-state index >= 15 is 0 Å². The van der Waals surface area contributed by atoms with Crippen LogP contribution in [0.15, 0.2) is 85.8 Å². The molecule has 0 aliphatic carbocycles. The van der Waals surface area contributed by atoms with Crippen molar-refractivity contribution in [3.8, 4) is 40.2 Å². The molecule has 6 aromatic rings. The summed E-state index contributed by atoms with van der Waals surface area (Å²) < 4.78 is 3.60. The fourth-order valence-electron chi connectivity index (χ4n) is 4.38.